The van der Waals surface area contributed by atoms with E-state index in [1.165, 1.54) is 18.3 Å². The quantitative estimate of drug-likeness (QED) is 0.771. The first kappa shape index (κ1) is 15.3. The summed E-state index contributed by atoms with van der Waals surface area (Å²) in [4.78, 5) is 4.15. The second kappa shape index (κ2) is 6.57. The molecule has 1 aliphatic heterocycles. The van der Waals surface area contributed by atoms with Gasteiger partial charge in [0.25, 0.3) is 0 Å². The lowest BCUT2D eigenvalue weighted by Crippen LogP contribution is -2.35. The Balaban J connectivity index is 2.00. The number of sulfonamides is 1. The number of hydrogen-bond donors (Lipinski definition) is 2. The van der Waals surface area contributed by atoms with Crippen molar-refractivity contribution in [1.82, 2.24) is 9.71 Å². The number of nitrogens with one attached hydrogen (secondary N) is 1. The van der Waals surface area contributed by atoms with Gasteiger partial charge in [-0.3, -0.25) is 4.98 Å². The van der Waals surface area contributed by atoms with E-state index >= 15 is 0 Å². The molecule has 3 N–H and O–H groups in total. The number of hydrogen-bond acceptors (Lipinski definition) is 5. The Morgan fingerprint density at radius 3 is 2.85 bits per heavy atom. The van der Waals surface area contributed by atoms with E-state index in [0.29, 0.717) is 12.3 Å². The van der Waals surface area contributed by atoms with Gasteiger partial charge in [-0.1, -0.05) is 12.2 Å². The number of pyridine rings is 1. The fourth-order valence-corrected chi connectivity index (χ4v) is 3.07. The van der Waals surface area contributed by atoms with Gasteiger partial charge in [0, 0.05) is 19.3 Å². The van der Waals surface area contributed by atoms with Gasteiger partial charge in [0.2, 0.25) is 10.0 Å². The molecule has 0 aromatic carbocycles. The normalized spacial score (nSPS) is 19.7. The lowest BCUT2D eigenvalue weighted by atomic mass is 10.1. The molecule has 2 heterocycles. The molecule has 1 aromatic rings. The zero-order valence-electron chi connectivity index (χ0n) is 10.9. The molecule has 1 atom stereocenters. The van der Waals surface area contributed by atoms with Gasteiger partial charge >= 0.3 is 0 Å². The highest BCUT2D eigenvalue weighted by atomic mass is 32.2. The van der Waals surface area contributed by atoms with Crippen LogP contribution in [-0.4, -0.2) is 37.6 Å². The molecule has 20 heavy (non-hydrogen) atoms. The topological polar surface area (TPSA) is 94.3 Å². The van der Waals surface area contributed by atoms with Gasteiger partial charge in [0.15, 0.2) is 0 Å². The van der Waals surface area contributed by atoms with Crippen molar-refractivity contribution < 1.29 is 13.2 Å². The summed E-state index contributed by atoms with van der Waals surface area (Å²) in [5.74, 6) is 0. The van der Waals surface area contributed by atoms with Gasteiger partial charge in [0.1, 0.15) is 9.88 Å². The zero-order valence-corrected chi connectivity index (χ0v) is 12.5. The predicted molar refractivity (Wildman–Crippen MR) is 78.9 cm³/mol. The van der Waals surface area contributed by atoms with Gasteiger partial charge in [-0.15, -0.1) is 0 Å². The minimum Gasteiger partial charge on any atom is -0.388 e. The molecule has 1 fully saturated rings. The summed E-state index contributed by atoms with van der Waals surface area (Å²) < 4.78 is 32.2. The zero-order chi connectivity index (χ0) is 14.6. The smallest absolute Gasteiger partial charge is 0.242 e. The van der Waals surface area contributed by atoms with Crippen molar-refractivity contribution in [3.63, 3.8) is 0 Å². The Bertz CT molecular complexity index is 566. The average Bonchev–Trinajstić information content (AvgIpc) is 2.46. The third-order valence-electron chi connectivity index (χ3n) is 3.07. The molecular formula is C12H17N3O3S2. The third kappa shape index (κ3) is 3.95. The fourth-order valence-electron chi connectivity index (χ4n) is 1.94. The van der Waals surface area contributed by atoms with Crippen molar-refractivity contribution in [2.75, 3.05) is 13.2 Å². The Labute approximate surface area is 123 Å². The standard InChI is InChI=1S/C12H17N3O3S2/c13-12(19)11-5-4-10(8-14-11)20(16,17)15-7-9-3-1-2-6-18-9/h4-5,8-9,15H,1-3,6-7H2,(H2,13,19). The van der Waals surface area contributed by atoms with Crippen LogP contribution in [0.4, 0.5) is 0 Å². The number of aromatic nitrogens is 1. The second-order valence-corrected chi connectivity index (χ2v) is 6.79. The molecule has 0 radical (unpaired) electrons. The summed E-state index contributed by atoms with van der Waals surface area (Å²) in [5, 5.41) is 0. The van der Waals surface area contributed by atoms with Gasteiger partial charge in [-0.2, -0.15) is 0 Å². The van der Waals surface area contributed by atoms with E-state index in [-0.39, 0.29) is 22.5 Å². The molecule has 0 saturated carbocycles. The van der Waals surface area contributed by atoms with Crippen molar-refractivity contribution >= 4 is 27.2 Å². The van der Waals surface area contributed by atoms with Crippen LogP contribution in [0.2, 0.25) is 0 Å². The van der Waals surface area contributed by atoms with Crippen molar-refractivity contribution in [1.29, 1.82) is 0 Å². The summed E-state index contributed by atoms with van der Waals surface area (Å²) in [6.07, 6.45) is 4.17. The van der Waals surface area contributed by atoms with Crippen LogP contribution in [0.1, 0.15) is 25.0 Å². The second-order valence-electron chi connectivity index (χ2n) is 4.58. The minimum absolute atomic E-state index is 0.0534. The average molecular weight is 315 g/mol. The number of nitrogens with two attached hydrogens (primary N) is 1. The number of nitrogens with zero attached hydrogens (tertiary/aromatic N) is 1. The highest BCUT2D eigenvalue weighted by molar-refractivity contribution is 7.89. The largest absolute Gasteiger partial charge is 0.388 e. The summed E-state index contributed by atoms with van der Waals surface area (Å²) in [5.41, 5.74) is 5.81. The van der Waals surface area contributed by atoms with Gasteiger partial charge < -0.3 is 10.5 Å². The van der Waals surface area contributed by atoms with Gasteiger partial charge in [0.05, 0.1) is 11.8 Å². The van der Waals surface area contributed by atoms with E-state index in [1.54, 1.807) is 0 Å². The van der Waals surface area contributed by atoms with E-state index in [2.05, 4.69) is 9.71 Å². The molecule has 0 amide bonds. The highest BCUT2D eigenvalue weighted by Gasteiger charge is 2.19. The SMILES string of the molecule is NC(=S)c1ccc(S(=O)(=O)NCC2CCCCO2)cn1. The molecule has 2 rings (SSSR count). The van der Waals surface area contributed by atoms with Crippen LogP contribution < -0.4 is 10.5 Å². The summed E-state index contributed by atoms with van der Waals surface area (Å²) in [7, 11) is -3.58. The molecule has 0 spiro atoms. The van der Waals surface area contributed by atoms with Crippen molar-refractivity contribution in [3.8, 4) is 0 Å². The molecule has 1 saturated heterocycles. The van der Waals surface area contributed by atoms with E-state index in [1.807, 2.05) is 0 Å². The first-order valence-electron chi connectivity index (χ1n) is 6.36. The summed E-state index contributed by atoms with van der Waals surface area (Å²) in [6, 6.07) is 2.93. The van der Waals surface area contributed by atoms with Crippen LogP contribution in [0.5, 0.6) is 0 Å². The molecule has 1 aliphatic rings. The van der Waals surface area contributed by atoms with E-state index in [4.69, 9.17) is 22.7 Å². The van der Waals surface area contributed by atoms with Crippen molar-refractivity contribution in [2.24, 2.45) is 5.73 Å². The van der Waals surface area contributed by atoms with Crippen molar-refractivity contribution in [3.05, 3.63) is 24.0 Å². The van der Waals surface area contributed by atoms with Crippen LogP contribution in [0.3, 0.4) is 0 Å². The molecule has 1 aromatic heterocycles. The van der Waals surface area contributed by atoms with Gasteiger partial charge in [-0.25, -0.2) is 13.1 Å². The van der Waals surface area contributed by atoms with Crippen LogP contribution in [-0.2, 0) is 14.8 Å². The number of rotatable bonds is 5. The van der Waals surface area contributed by atoms with Crippen LogP contribution in [0.15, 0.2) is 23.2 Å². The number of thiocarbonyl (C=S) groups is 1. The van der Waals surface area contributed by atoms with E-state index in [0.717, 1.165) is 19.3 Å². The Morgan fingerprint density at radius 2 is 2.30 bits per heavy atom. The lowest BCUT2D eigenvalue weighted by molar-refractivity contribution is 0.0200. The summed E-state index contributed by atoms with van der Waals surface area (Å²) >= 11 is 4.77. The van der Waals surface area contributed by atoms with Crippen LogP contribution in [0.25, 0.3) is 0 Å². The van der Waals surface area contributed by atoms with Crippen LogP contribution in [0, 0.1) is 0 Å². The summed E-state index contributed by atoms with van der Waals surface area (Å²) in [6.45, 7) is 0.968. The maximum absolute atomic E-state index is 12.1. The molecule has 8 heteroatoms. The first-order chi connectivity index (χ1) is 9.49. The molecule has 0 bridgehead atoms. The Hall–Kier alpha value is -1.09. The Morgan fingerprint density at radius 1 is 1.50 bits per heavy atom. The van der Waals surface area contributed by atoms with Gasteiger partial charge in [-0.05, 0) is 31.4 Å². The first-order valence-corrected chi connectivity index (χ1v) is 8.25. The minimum atomic E-state index is -3.58. The highest BCUT2D eigenvalue weighted by Crippen LogP contribution is 2.13. The van der Waals surface area contributed by atoms with Crippen LogP contribution >= 0.6 is 12.2 Å². The monoisotopic (exact) mass is 315 g/mol. The predicted octanol–water partition coefficient (Wildman–Crippen LogP) is 0.563. The number of ether oxygens (including phenoxy) is 1. The molecule has 1 unspecified atom stereocenters. The molecule has 110 valence electrons. The molecule has 6 nitrogen and oxygen atoms in total. The Kier molecular flexibility index (Phi) is 5.03. The molecule has 0 aliphatic carbocycles. The van der Waals surface area contributed by atoms with Crippen molar-refractivity contribution in [2.45, 2.75) is 30.3 Å². The maximum atomic E-state index is 12.1. The van der Waals surface area contributed by atoms with E-state index < -0.39 is 10.0 Å². The third-order valence-corrected chi connectivity index (χ3v) is 4.69. The lowest BCUT2D eigenvalue weighted by Gasteiger charge is -2.22. The fraction of sp³-hybridized carbons (Fsp3) is 0.500. The maximum Gasteiger partial charge on any atom is 0.242 e. The molecular weight excluding hydrogens is 298 g/mol. The van der Waals surface area contributed by atoms with E-state index in [9.17, 15) is 8.42 Å².